The molecule has 0 aliphatic heterocycles. The lowest BCUT2D eigenvalue weighted by molar-refractivity contribution is 0.0917. The van der Waals surface area contributed by atoms with Crippen molar-refractivity contribution in [2.24, 2.45) is 0 Å². The molecule has 100 valence electrons. The summed E-state index contributed by atoms with van der Waals surface area (Å²) in [6, 6.07) is 0. The van der Waals surface area contributed by atoms with Gasteiger partial charge in [0, 0.05) is 13.0 Å². The summed E-state index contributed by atoms with van der Waals surface area (Å²) in [4.78, 5) is 15.7. The molecule has 0 aliphatic carbocycles. The Hall–Kier alpha value is -1.69. The van der Waals surface area contributed by atoms with Crippen molar-refractivity contribution >= 4 is 5.91 Å². The number of H-pyrrole nitrogens is 1. The van der Waals surface area contributed by atoms with Gasteiger partial charge in [-0.1, -0.05) is 19.1 Å². The van der Waals surface area contributed by atoms with E-state index in [-0.39, 0.29) is 11.7 Å². The number of nitrogens with one attached hydrogen (secondary N) is 2. The number of amides is 1. The van der Waals surface area contributed by atoms with Gasteiger partial charge in [-0.25, -0.2) is 4.98 Å². The van der Waals surface area contributed by atoms with Gasteiger partial charge in [0.05, 0.1) is 13.2 Å². The Bertz CT molecular complexity index is 401. The fraction of sp³-hybridized carbons (Fsp3) is 0.583. The molecule has 0 saturated heterocycles. The third-order valence-electron chi connectivity index (χ3n) is 2.10. The van der Waals surface area contributed by atoms with Gasteiger partial charge in [-0.3, -0.25) is 9.89 Å². The number of ether oxygens (including phenoxy) is 1. The van der Waals surface area contributed by atoms with Gasteiger partial charge in [-0.15, -0.1) is 5.10 Å². The number of aromatic amines is 1. The molecule has 1 aromatic rings. The van der Waals surface area contributed by atoms with Crippen molar-refractivity contribution in [3.05, 3.63) is 23.8 Å². The van der Waals surface area contributed by atoms with E-state index in [2.05, 4.69) is 27.1 Å². The lowest BCUT2D eigenvalue weighted by atomic mass is 10.3. The number of hydrogen-bond donors (Lipinski definition) is 2. The maximum absolute atomic E-state index is 11.6. The van der Waals surface area contributed by atoms with Crippen LogP contribution in [0.25, 0.3) is 0 Å². The van der Waals surface area contributed by atoms with Crippen LogP contribution in [-0.2, 0) is 11.2 Å². The lowest BCUT2D eigenvalue weighted by Crippen LogP contribution is -2.28. The first kappa shape index (κ1) is 14.4. The molecule has 0 fully saturated rings. The van der Waals surface area contributed by atoms with E-state index in [4.69, 9.17) is 4.74 Å². The molecule has 18 heavy (non-hydrogen) atoms. The molecule has 6 nitrogen and oxygen atoms in total. The van der Waals surface area contributed by atoms with E-state index in [9.17, 15) is 4.79 Å². The SMILES string of the molecule is C=C(C)COCCNC(=O)c1n[nH]c(CCC)n1. The normalized spacial score (nSPS) is 10.3. The summed E-state index contributed by atoms with van der Waals surface area (Å²) in [7, 11) is 0. The average molecular weight is 252 g/mol. The Labute approximate surface area is 107 Å². The molecule has 1 amide bonds. The van der Waals surface area contributed by atoms with E-state index in [1.165, 1.54) is 0 Å². The number of aromatic nitrogens is 3. The van der Waals surface area contributed by atoms with Crippen molar-refractivity contribution in [2.45, 2.75) is 26.7 Å². The van der Waals surface area contributed by atoms with Gasteiger partial charge in [-0.2, -0.15) is 0 Å². The second kappa shape index (κ2) is 7.60. The first-order valence-corrected chi connectivity index (χ1v) is 6.05. The zero-order valence-electron chi connectivity index (χ0n) is 11.0. The van der Waals surface area contributed by atoms with Crippen LogP contribution < -0.4 is 5.32 Å². The Morgan fingerprint density at radius 1 is 1.56 bits per heavy atom. The highest BCUT2D eigenvalue weighted by Crippen LogP contribution is 1.96. The lowest BCUT2D eigenvalue weighted by Gasteiger charge is -2.04. The van der Waals surface area contributed by atoms with Crippen LogP contribution in [0.5, 0.6) is 0 Å². The van der Waals surface area contributed by atoms with Gasteiger partial charge >= 0.3 is 0 Å². The maximum atomic E-state index is 11.6. The molecule has 0 unspecified atom stereocenters. The highest BCUT2D eigenvalue weighted by atomic mass is 16.5. The van der Waals surface area contributed by atoms with Crippen molar-refractivity contribution in [3.63, 3.8) is 0 Å². The molecule has 2 N–H and O–H groups in total. The number of aryl methyl sites for hydroxylation is 1. The molecule has 0 aromatic carbocycles. The summed E-state index contributed by atoms with van der Waals surface area (Å²) in [5.74, 6) is 0.632. The van der Waals surface area contributed by atoms with Gasteiger partial charge in [0.15, 0.2) is 0 Å². The molecule has 0 bridgehead atoms. The summed E-state index contributed by atoms with van der Waals surface area (Å²) < 4.78 is 5.26. The van der Waals surface area contributed by atoms with Crippen molar-refractivity contribution in [3.8, 4) is 0 Å². The third-order valence-corrected chi connectivity index (χ3v) is 2.10. The van der Waals surface area contributed by atoms with Crippen LogP contribution >= 0.6 is 0 Å². The Kier molecular flexibility index (Phi) is 6.07. The van der Waals surface area contributed by atoms with E-state index >= 15 is 0 Å². The summed E-state index contributed by atoms with van der Waals surface area (Å²) >= 11 is 0. The molecule has 0 spiro atoms. The van der Waals surface area contributed by atoms with Crippen LogP contribution in [-0.4, -0.2) is 40.8 Å². The van der Waals surface area contributed by atoms with Crippen LogP contribution in [0.1, 0.15) is 36.7 Å². The van der Waals surface area contributed by atoms with E-state index in [0.29, 0.717) is 19.8 Å². The molecule has 1 rings (SSSR count). The van der Waals surface area contributed by atoms with Crippen LogP contribution in [0.3, 0.4) is 0 Å². The van der Waals surface area contributed by atoms with Crippen molar-refractivity contribution in [1.82, 2.24) is 20.5 Å². The number of nitrogens with zero attached hydrogens (tertiary/aromatic N) is 2. The van der Waals surface area contributed by atoms with Gasteiger partial charge in [0.1, 0.15) is 5.82 Å². The summed E-state index contributed by atoms with van der Waals surface area (Å²) in [5, 5.41) is 9.29. The van der Waals surface area contributed by atoms with Gasteiger partial charge < -0.3 is 10.1 Å². The summed E-state index contributed by atoms with van der Waals surface area (Å²) in [6.07, 6.45) is 1.76. The predicted octanol–water partition coefficient (Wildman–Crippen LogP) is 1.08. The van der Waals surface area contributed by atoms with E-state index < -0.39 is 0 Å². The molecule has 0 radical (unpaired) electrons. The minimum absolute atomic E-state index is 0.179. The minimum atomic E-state index is -0.285. The molecule has 6 heteroatoms. The summed E-state index contributed by atoms with van der Waals surface area (Å²) in [6.45, 7) is 9.05. The highest BCUT2D eigenvalue weighted by molar-refractivity contribution is 5.90. The quantitative estimate of drug-likeness (QED) is 0.536. The smallest absolute Gasteiger partial charge is 0.291 e. The number of carbonyl (C=O) groups is 1. The molecule has 1 heterocycles. The van der Waals surface area contributed by atoms with Crippen LogP contribution in [0.4, 0.5) is 0 Å². The van der Waals surface area contributed by atoms with Gasteiger partial charge in [0.25, 0.3) is 5.91 Å². The minimum Gasteiger partial charge on any atom is -0.375 e. The topological polar surface area (TPSA) is 79.9 Å². The number of carbonyl (C=O) groups excluding carboxylic acids is 1. The fourth-order valence-electron chi connectivity index (χ4n) is 1.31. The maximum Gasteiger partial charge on any atom is 0.291 e. The van der Waals surface area contributed by atoms with E-state index in [0.717, 1.165) is 24.2 Å². The Morgan fingerprint density at radius 3 is 3.00 bits per heavy atom. The number of hydrogen-bond acceptors (Lipinski definition) is 4. The Morgan fingerprint density at radius 2 is 2.33 bits per heavy atom. The molecule has 0 aliphatic rings. The predicted molar refractivity (Wildman–Crippen MR) is 68.3 cm³/mol. The summed E-state index contributed by atoms with van der Waals surface area (Å²) in [5.41, 5.74) is 0.958. The monoisotopic (exact) mass is 252 g/mol. The molecule has 1 aromatic heterocycles. The first-order valence-electron chi connectivity index (χ1n) is 6.05. The molecular formula is C12H20N4O2. The highest BCUT2D eigenvalue weighted by Gasteiger charge is 2.11. The fourth-order valence-corrected chi connectivity index (χ4v) is 1.31. The largest absolute Gasteiger partial charge is 0.375 e. The van der Waals surface area contributed by atoms with Crippen LogP contribution in [0, 0.1) is 0 Å². The van der Waals surface area contributed by atoms with Crippen LogP contribution in [0.15, 0.2) is 12.2 Å². The Balaban J connectivity index is 2.25. The molecule has 0 saturated carbocycles. The van der Waals surface area contributed by atoms with Crippen molar-refractivity contribution in [1.29, 1.82) is 0 Å². The van der Waals surface area contributed by atoms with Crippen molar-refractivity contribution in [2.75, 3.05) is 19.8 Å². The number of rotatable bonds is 8. The van der Waals surface area contributed by atoms with E-state index in [1.807, 2.05) is 13.8 Å². The third kappa shape index (κ3) is 5.09. The zero-order valence-corrected chi connectivity index (χ0v) is 11.0. The first-order chi connectivity index (χ1) is 8.63. The standard InChI is InChI=1S/C12H20N4O2/c1-4-5-10-14-11(16-15-10)12(17)13-6-7-18-8-9(2)3/h2,4-8H2,1,3H3,(H,13,17)(H,14,15,16). The van der Waals surface area contributed by atoms with Gasteiger partial charge in [-0.05, 0) is 13.3 Å². The second-order valence-corrected chi connectivity index (χ2v) is 4.12. The molecular weight excluding hydrogens is 232 g/mol. The van der Waals surface area contributed by atoms with Crippen LogP contribution in [0.2, 0.25) is 0 Å². The van der Waals surface area contributed by atoms with E-state index in [1.54, 1.807) is 0 Å². The second-order valence-electron chi connectivity index (χ2n) is 4.12. The average Bonchev–Trinajstić information content (AvgIpc) is 2.77. The molecule has 0 atom stereocenters. The zero-order chi connectivity index (χ0) is 13.4. The van der Waals surface area contributed by atoms with Crippen molar-refractivity contribution < 1.29 is 9.53 Å². The van der Waals surface area contributed by atoms with Gasteiger partial charge in [0.2, 0.25) is 5.82 Å².